The lowest BCUT2D eigenvalue weighted by molar-refractivity contribution is 0.00965. The fourth-order valence-electron chi connectivity index (χ4n) is 4.06. The van der Waals surface area contributed by atoms with Crippen LogP contribution in [-0.2, 0) is 18.3 Å². The Morgan fingerprint density at radius 3 is 2.80 bits per heavy atom. The van der Waals surface area contributed by atoms with E-state index in [1.807, 2.05) is 30.9 Å². The van der Waals surface area contributed by atoms with Gasteiger partial charge in [0.2, 0.25) is 5.95 Å². The molecule has 0 aromatic carbocycles. The van der Waals surface area contributed by atoms with Gasteiger partial charge in [-0.1, -0.05) is 0 Å². The number of likely N-dealkylation sites (tertiary alicyclic amines) is 1. The number of nitrogens with zero attached hydrogens (tertiary/aromatic N) is 6. The molecule has 2 aliphatic rings. The zero-order chi connectivity index (χ0) is 17.1. The van der Waals surface area contributed by atoms with Crippen LogP contribution in [0.25, 0.3) is 0 Å². The van der Waals surface area contributed by atoms with Crippen molar-refractivity contribution in [1.29, 1.82) is 0 Å². The SMILES string of the molecule is Cn1ccnc1CN1CCC[C@]2(COCCN(c3ncccn3)C2)C1. The molecule has 0 amide bonds. The maximum atomic E-state index is 6.00. The number of aryl methyl sites for hydroxylation is 1. The fraction of sp³-hybridized carbons (Fsp3) is 0.611. The van der Waals surface area contributed by atoms with Crippen molar-refractivity contribution in [3.05, 3.63) is 36.7 Å². The average Bonchev–Trinajstić information content (AvgIpc) is 2.92. The minimum absolute atomic E-state index is 0.138. The first-order valence-electron chi connectivity index (χ1n) is 9.02. The zero-order valence-electron chi connectivity index (χ0n) is 14.8. The monoisotopic (exact) mass is 342 g/mol. The largest absolute Gasteiger partial charge is 0.379 e. The minimum atomic E-state index is 0.138. The highest BCUT2D eigenvalue weighted by molar-refractivity contribution is 5.29. The Labute approximate surface area is 148 Å². The number of anilines is 1. The molecule has 0 radical (unpaired) electrons. The van der Waals surface area contributed by atoms with Crippen molar-refractivity contribution < 1.29 is 4.74 Å². The van der Waals surface area contributed by atoms with Gasteiger partial charge in [-0.15, -0.1) is 0 Å². The molecule has 0 aliphatic carbocycles. The van der Waals surface area contributed by atoms with Crippen LogP contribution in [-0.4, -0.2) is 63.8 Å². The Balaban J connectivity index is 1.49. The number of rotatable bonds is 3. The van der Waals surface area contributed by atoms with Crippen molar-refractivity contribution in [1.82, 2.24) is 24.4 Å². The number of hydrogen-bond donors (Lipinski definition) is 0. The smallest absolute Gasteiger partial charge is 0.225 e. The van der Waals surface area contributed by atoms with E-state index in [1.54, 1.807) is 0 Å². The number of hydrogen-bond acceptors (Lipinski definition) is 6. The molecule has 2 aliphatic heterocycles. The summed E-state index contributed by atoms with van der Waals surface area (Å²) in [5.74, 6) is 1.93. The Bertz CT molecular complexity index is 690. The summed E-state index contributed by atoms with van der Waals surface area (Å²) in [5.41, 5.74) is 0.138. The van der Waals surface area contributed by atoms with Gasteiger partial charge in [-0.3, -0.25) is 4.90 Å². The molecule has 7 nitrogen and oxygen atoms in total. The Hall–Kier alpha value is -1.99. The van der Waals surface area contributed by atoms with Crippen LogP contribution < -0.4 is 4.90 Å². The van der Waals surface area contributed by atoms with Crippen LogP contribution in [0.4, 0.5) is 5.95 Å². The van der Waals surface area contributed by atoms with Gasteiger partial charge in [0.05, 0.1) is 19.8 Å². The van der Waals surface area contributed by atoms with E-state index in [2.05, 4.69) is 36.4 Å². The van der Waals surface area contributed by atoms with Gasteiger partial charge in [0.1, 0.15) is 5.82 Å². The molecule has 4 heterocycles. The summed E-state index contributed by atoms with van der Waals surface area (Å²) in [6, 6.07) is 1.86. The lowest BCUT2D eigenvalue weighted by Gasteiger charge is -2.43. The zero-order valence-corrected chi connectivity index (χ0v) is 14.8. The molecule has 25 heavy (non-hydrogen) atoms. The van der Waals surface area contributed by atoms with Gasteiger partial charge >= 0.3 is 0 Å². The molecule has 7 heteroatoms. The molecule has 0 bridgehead atoms. The Morgan fingerprint density at radius 2 is 2.00 bits per heavy atom. The summed E-state index contributed by atoms with van der Waals surface area (Å²) in [4.78, 5) is 18.2. The van der Waals surface area contributed by atoms with Crippen LogP contribution in [0.15, 0.2) is 30.9 Å². The number of aromatic nitrogens is 4. The molecule has 0 N–H and O–H groups in total. The van der Waals surface area contributed by atoms with Crippen LogP contribution in [0.2, 0.25) is 0 Å². The summed E-state index contributed by atoms with van der Waals surface area (Å²) in [7, 11) is 2.06. The highest BCUT2D eigenvalue weighted by Crippen LogP contribution is 2.34. The van der Waals surface area contributed by atoms with Crippen LogP contribution in [0.3, 0.4) is 0 Å². The van der Waals surface area contributed by atoms with Crippen LogP contribution in [0.1, 0.15) is 18.7 Å². The Kier molecular flexibility index (Phi) is 4.67. The maximum Gasteiger partial charge on any atom is 0.225 e. The molecule has 134 valence electrons. The summed E-state index contributed by atoms with van der Waals surface area (Å²) >= 11 is 0. The van der Waals surface area contributed by atoms with Crippen molar-refractivity contribution in [3.8, 4) is 0 Å². The topological polar surface area (TPSA) is 59.3 Å². The van der Waals surface area contributed by atoms with Gasteiger partial charge in [-0.2, -0.15) is 0 Å². The van der Waals surface area contributed by atoms with E-state index in [0.717, 1.165) is 57.7 Å². The predicted molar refractivity (Wildman–Crippen MR) is 95.2 cm³/mol. The molecule has 2 aromatic heterocycles. The summed E-state index contributed by atoms with van der Waals surface area (Å²) in [6.07, 6.45) is 9.89. The number of imidazole rings is 1. The predicted octanol–water partition coefficient (Wildman–Crippen LogP) is 1.33. The van der Waals surface area contributed by atoms with E-state index in [-0.39, 0.29) is 5.41 Å². The first kappa shape index (κ1) is 16.5. The molecular weight excluding hydrogens is 316 g/mol. The molecule has 1 spiro atoms. The third-order valence-corrected chi connectivity index (χ3v) is 5.30. The van der Waals surface area contributed by atoms with Crippen LogP contribution >= 0.6 is 0 Å². The minimum Gasteiger partial charge on any atom is -0.379 e. The molecule has 0 saturated carbocycles. The van der Waals surface area contributed by atoms with Crippen molar-refractivity contribution in [3.63, 3.8) is 0 Å². The summed E-state index contributed by atoms with van der Waals surface area (Å²) in [6.45, 7) is 6.40. The second-order valence-electron chi connectivity index (χ2n) is 7.29. The van der Waals surface area contributed by atoms with Crippen LogP contribution in [0, 0.1) is 5.41 Å². The van der Waals surface area contributed by atoms with E-state index in [9.17, 15) is 0 Å². The first-order valence-corrected chi connectivity index (χ1v) is 9.02. The first-order chi connectivity index (χ1) is 12.2. The van der Waals surface area contributed by atoms with Gasteiger partial charge in [-0.25, -0.2) is 15.0 Å². The molecule has 2 aromatic rings. The van der Waals surface area contributed by atoms with Crippen molar-refractivity contribution in [2.24, 2.45) is 12.5 Å². The average molecular weight is 342 g/mol. The van der Waals surface area contributed by atoms with E-state index < -0.39 is 0 Å². The molecule has 2 saturated heterocycles. The molecule has 1 atom stereocenters. The summed E-state index contributed by atoms with van der Waals surface area (Å²) < 4.78 is 8.11. The lowest BCUT2D eigenvalue weighted by atomic mass is 9.80. The molecule has 0 unspecified atom stereocenters. The van der Waals surface area contributed by atoms with Crippen molar-refractivity contribution in [2.45, 2.75) is 19.4 Å². The molecule has 2 fully saturated rings. The quantitative estimate of drug-likeness (QED) is 0.839. The van der Waals surface area contributed by atoms with Gasteiger partial charge in [0.25, 0.3) is 0 Å². The third kappa shape index (κ3) is 3.67. The fourth-order valence-corrected chi connectivity index (χ4v) is 4.06. The second kappa shape index (κ2) is 7.09. The Morgan fingerprint density at radius 1 is 1.12 bits per heavy atom. The van der Waals surface area contributed by atoms with Crippen molar-refractivity contribution in [2.75, 3.05) is 44.3 Å². The highest BCUT2D eigenvalue weighted by atomic mass is 16.5. The number of piperidine rings is 1. The molecule has 4 rings (SSSR count). The highest BCUT2D eigenvalue weighted by Gasteiger charge is 2.39. The second-order valence-corrected chi connectivity index (χ2v) is 7.29. The van der Waals surface area contributed by atoms with Gasteiger partial charge < -0.3 is 14.2 Å². The standard InChI is InChI=1S/C18H26N6O/c1-22-9-7-19-16(22)12-23-8-2-4-18(13-23)14-24(10-11-25-15-18)17-20-5-3-6-21-17/h3,5-7,9H,2,4,8,10-15H2,1H3/t18-/m0/s1. The molecular formula is C18H26N6O. The van der Waals surface area contributed by atoms with Gasteiger partial charge in [-0.05, 0) is 25.5 Å². The normalized spacial score (nSPS) is 25.2. The lowest BCUT2D eigenvalue weighted by Crippen LogP contribution is -2.50. The number of ether oxygens (including phenoxy) is 1. The van der Waals surface area contributed by atoms with Gasteiger partial charge in [0, 0.05) is 56.9 Å². The van der Waals surface area contributed by atoms with E-state index in [0.29, 0.717) is 0 Å². The summed E-state index contributed by atoms with van der Waals surface area (Å²) in [5, 5.41) is 0. The van der Waals surface area contributed by atoms with Crippen molar-refractivity contribution >= 4 is 5.95 Å². The third-order valence-electron chi connectivity index (χ3n) is 5.30. The van der Waals surface area contributed by atoms with Gasteiger partial charge in [0.15, 0.2) is 0 Å². The van der Waals surface area contributed by atoms with Crippen LogP contribution in [0.5, 0.6) is 0 Å². The van der Waals surface area contributed by atoms with E-state index >= 15 is 0 Å². The van der Waals surface area contributed by atoms with E-state index in [4.69, 9.17) is 4.74 Å². The van der Waals surface area contributed by atoms with E-state index in [1.165, 1.54) is 12.8 Å². The maximum absolute atomic E-state index is 6.00.